The largest absolute Gasteiger partial charge is 0.500 e. The monoisotopic (exact) mass is 276 g/mol. The lowest BCUT2D eigenvalue weighted by molar-refractivity contribution is -0.0411. The molecule has 0 aromatic heterocycles. The summed E-state index contributed by atoms with van der Waals surface area (Å²) in [6.07, 6.45) is 0. The summed E-state index contributed by atoms with van der Waals surface area (Å²) in [5.41, 5.74) is -5.17. The van der Waals surface area contributed by atoms with Crippen LogP contribution in [0.25, 0.3) is 0 Å². The number of alkyl halides is 3. The molecule has 0 bridgehead atoms. The predicted octanol–water partition coefficient (Wildman–Crippen LogP) is 1.90. The van der Waals surface area contributed by atoms with E-state index >= 15 is 0 Å². The Hall–Kier alpha value is -0.180. The van der Waals surface area contributed by atoms with Crippen LogP contribution in [0.1, 0.15) is 0 Å². The second-order valence-corrected chi connectivity index (χ2v) is 6.89. The van der Waals surface area contributed by atoms with Crippen LogP contribution in [0, 0.1) is 0 Å². The first-order valence-corrected chi connectivity index (χ1v) is 6.68. The molecular formula is C7H9F3O2P2S. The topological polar surface area (TPSA) is 34.1 Å². The fourth-order valence-electron chi connectivity index (χ4n) is 0.719. The molecular weight excluding hydrogens is 267 g/mol. The van der Waals surface area contributed by atoms with Crippen LogP contribution >= 0.6 is 17.7 Å². The standard InChI is InChI=1S/C7H6F3O2PS.H3P/c8-7(9,10)14(11,12)13-6-4-2-1-3-5-6;/h1-5,13H;1H3. The minimum Gasteiger partial charge on any atom is -0.215 e. The summed E-state index contributed by atoms with van der Waals surface area (Å²) in [6.45, 7) is 0. The number of hydrogen-bond acceptors (Lipinski definition) is 2. The molecule has 0 saturated heterocycles. The number of rotatable bonds is 2. The molecule has 8 heteroatoms. The van der Waals surface area contributed by atoms with Gasteiger partial charge in [0.1, 0.15) is 0 Å². The third kappa shape index (κ3) is 4.06. The van der Waals surface area contributed by atoms with Gasteiger partial charge in [0.15, 0.2) is 0 Å². The molecule has 1 rings (SSSR count). The average Bonchev–Trinajstić information content (AvgIpc) is 2.03. The Bertz CT molecular complexity index is 402. The van der Waals surface area contributed by atoms with Gasteiger partial charge in [0.25, 0.3) is 9.46 Å². The van der Waals surface area contributed by atoms with Gasteiger partial charge in [-0.05, 0) is 5.30 Å². The van der Waals surface area contributed by atoms with Crippen LogP contribution in [0.2, 0.25) is 0 Å². The molecule has 0 radical (unpaired) electrons. The van der Waals surface area contributed by atoms with E-state index in [2.05, 4.69) is 0 Å². The molecule has 0 aliphatic heterocycles. The molecule has 0 N–H and O–H groups in total. The van der Waals surface area contributed by atoms with Crippen molar-refractivity contribution in [2.45, 2.75) is 5.51 Å². The predicted molar refractivity (Wildman–Crippen MR) is 60.5 cm³/mol. The Kier molecular flexibility index (Phi) is 5.18. The summed E-state index contributed by atoms with van der Waals surface area (Å²) in [6, 6.07) is 7.29. The SMILES string of the molecule is O=S(=O)(Pc1ccccc1)C(F)(F)F.P. The average molecular weight is 276 g/mol. The van der Waals surface area contributed by atoms with Crippen LogP contribution < -0.4 is 5.30 Å². The maximum Gasteiger partial charge on any atom is 0.500 e. The Labute approximate surface area is 90.3 Å². The van der Waals surface area contributed by atoms with Crippen LogP contribution in [-0.2, 0) is 9.46 Å². The number of halogens is 3. The van der Waals surface area contributed by atoms with Crippen molar-refractivity contribution in [1.82, 2.24) is 0 Å². The van der Waals surface area contributed by atoms with Gasteiger partial charge in [-0.3, -0.25) is 0 Å². The normalized spacial score (nSPS) is 12.7. The van der Waals surface area contributed by atoms with Gasteiger partial charge in [-0.25, -0.2) is 8.42 Å². The first-order chi connectivity index (χ1) is 6.33. The van der Waals surface area contributed by atoms with Crippen molar-refractivity contribution in [2.75, 3.05) is 0 Å². The van der Waals surface area contributed by atoms with Gasteiger partial charge in [0.05, 0.1) is 0 Å². The summed E-state index contributed by atoms with van der Waals surface area (Å²) in [7, 11) is -6.29. The summed E-state index contributed by atoms with van der Waals surface area (Å²) in [4.78, 5) is 0. The molecule has 0 spiro atoms. The van der Waals surface area contributed by atoms with Crippen LogP contribution in [0.3, 0.4) is 0 Å². The van der Waals surface area contributed by atoms with Gasteiger partial charge in [-0.2, -0.15) is 23.1 Å². The minimum atomic E-state index is -5.17. The zero-order chi connectivity index (χ0) is 10.8. The van der Waals surface area contributed by atoms with E-state index in [1.54, 1.807) is 6.07 Å². The first kappa shape index (κ1) is 14.8. The van der Waals surface area contributed by atoms with Crippen LogP contribution in [0.4, 0.5) is 13.2 Å². The summed E-state index contributed by atoms with van der Waals surface area (Å²) >= 11 is 0. The van der Waals surface area contributed by atoms with E-state index in [4.69, 9.17) is 0 Å². The molecule has 0 fully saturated rings. The van der Waals surface area contributed by atoms with Crippen molar-refractivity contribution >= 4 is 32.4 Å². The van der Waals surface area contributed by atoms with Crippen molar-refractivity contribution in [2.24, 2.45) is 0 Å². The first-order valence-electron chi connectivity index (χ1n) is 3.47. The van der Waals surface area contributed by atoms with E-state index in [1.165, 1.54) is 24.3 Å². The van der Waals surface area contributed by atoms with Gasteiger partial charge in [-0.15, -0.1) is 0 Å². The van der Waals surface area contributed by atoms with Crippen LogP contribution in [0.5, 0.6) is 0 Å². The number of benzene rings is 1. The van der Waals surface area contributed by atoms with Crippen LogP contribution in [0.15, 0.2) is 30.3 Å². The van der Waals surface area contributed by atoms with Crippen molar-refractivity contribution < 1.29 is 21.6 Å². The van der Waals surface area contributed by atoms with Gasteiger partial charge < -0.3 is 0 Å². The molecule has 2 unspecified atom stereocenters. The summed E-state index contributed by atoms with van der Waals surface area (Å²) < 4.78 is 57.2. The van der Waals surface area contributed by atoms with E-state index in [0.717, 1.165) is 0 Å². The molecule has 0 heterocycles. The van der Waals surface area contributed by atoms with E-state index in [-0.39, 0.29) is 15.2 Å². The van der Waals surface area contributed by atoms with Crippen molar-refractivity contribution in [1.29, 1.82) is 0 Å². The summed E-state index contributed by atoms with van der Waals surface area (Å²) in [5, 5.41) is 0.157. The zero-order valence-electron chi connectivity index (χ0n) is 7.45. The zero-order valence-corrected chi connectivity index (χ0v) is 10.7. The highest BCUT2D eigenvalue weighted by Crippen LogP contribution is 2.36. The highest BCUT2D eigenvalue weighted by atomic mass is 32.8. The highest BCUT2D eigenvalue weighted by molar-refractivity contribution is 8.46. The quantitative estimate of drug-likeness (QED) is 0.773. The smallest absolute Gasteiger partial charge is 0.215 e. The van der Waals surface area contributed by atoms with Gasteiger partial charge in [0.2, 0.25) is 0 Å². The Balaban J connectivity index is 0.00000196. The molecule has 0 amide bonds. The molecule has 2 atom stereocenters. The van der Waals surface area contributed by atoms with E-state index in [0.29, 0.717) is 0 Å². The van der Waals surface area contributed by atoms with E-state index in [9.17, 15) is 21.6 Å². The third-order valence-electron chi connectivity index (χ3n) is 1.33. The Morgan fingerprint density at radius 1 is 1.07 bits per heavy atom. The minimum absolute atomic E-state index is 0. The summed E-state index contributed by atoms with van der Waals surface area (Å²) in [5.74, 6) is 0. The van der Waals surface area contributed by atoms with Gasteiger partial charge >= 0.3 is 5.51 Å². The molecule has 0 aliphatic carbocycles. The Morgan fingerprint density at radius 2 is 1.53 bits per heavy atom. The third-order valence-corrected chi connectivity index (χ3v) is 4.99. The molecule has 1 aromatic rings. The van der Waals surface area contributed by atoms with Gasteiger partial charge in [-0.1, -0.05) is 30.3 Å². The molecule has 2 nitrogen and oxygen atoms in total. The molecule has 0 saturated carbocycles. The maximum atomic E-state index is 11.9. The lowest BCUT2D eigenvalue weighted by Crippen LogP contribution is -2.20. The highest BCUT2D eigenvalue weighted by Gasteiger charge is 2.45. The van der Waals surface area contributed by atoms with Crippen molar-refractivity contribution in [3.63, 3.8) is 0 Å². The fourth-order valence-corrected chi connectivity index (χ4v) is 3.16. The van der Waals surface area contributed by atoms with E-state index in [1.807, 2.05) is 0 Å². The number of hydrogen-bond donors (Lipinski definition) is 0. The lowest BCUT2D eigenvalue weighted by atomic mass is 10.4. The van der Waals surface area contributed by atoms with Crippen LogP contribution in [-0.4, -0.2) is 13.9 Å². The Morgan fingerprint density at radius 3 is 1.93 bits per heavy atom. The molecule has 86 valence electrons. The molecule has 1 aromatic carbocycles. The molecule has 0 aliphatic rings. The van der Waals surface area contributed by atoms with E-state index < -0.39 is 22.7 Å². The fraction of sp³-hybridized carbons (Fsp3) is 0.143. The lowest BCUT2D eigenvalue weighted by Gasteiger charge is -2.07. The molecule has 15 heavy (non-hydrogen) atoms. The second-order valence-electron chi connectivity index (χ2n) is 2.42. The van der Waals surface area contributed by atoms with Crippen molar-refractivity contribution in [3.05, 3.63) is 30.3 Å². The van der Waals surface area contributed by atoms with Crippen molar-refractivity contribution in [3.8, 4) is 0 Å². The maximum absolute atomic E-state index is 11.9. The second kappa shape index (κ2) is 5.24. The van der Waals surface area contributed by atoms with Gasteiger partial charge in [0, 0.05) is 7.78 Å².